The van der Waals surface area contributed by atoms with Crippen LogP contribution in [0.15, 0.2) is 0 Å². The molecule has 0 radical (unpaired) electrons. The van der Waals surface area contributed by atoms with Crippen molar-refractivity contribution in [2.45, 2.75) is 26.7 Å². The summed E-state index contributed by atoms with van der Waals surface area (Å²) in [6, 6.07) is 0. The third-order valence-electron chi connectivity index (χ3n) is 1.13. The lowest BCUT2D eigenvalue weighted by Crippen LogP contribution is -1.87. The molecule has 0 fully saturated rings. The van der Waals surface area contributed by atoms with Crippen LogP contribution in [0.5, 0.6) is 0 Å². The first-order valence-corrected chi connectivity index (χ1v) is 6.15. The van der Waals surface area contributed by atoms with Gasteiger partial charge in [-0.15, -0.1) is 0 Å². The molecule has 0 heterocycles. The minimum absolute atomic E-state index is 0.882. The lowest BCUT2D eigenvalue weighted by molar-refractivity contribution is 0.579. The van der Waals surface area contributed by atoms with Gasteiger partial charge in [0.05, 0.1) is 0 Å². The van der Waals surface area contributed by atoms with Gasteiger partial charge < -0.3 is 0 Å². The van der Waals surface area contributed by atoms with Gasteiger partial charge in [-0.2, -0.15) is 0 Å². The maximum Gasteiger partial charge on any atom is 0.00369 e. The van der Waals surface area contributed by atoms with Crippen molar-refractivity contribution in [3.63, 3.8) is 0 Å². The van der Waals surface area contributed by atoms with Gasteiger partial charge in [0, 0.05) is 5.75 Å². The summed E-state index contributed by atoms with van der Waals surface area (Å²) in [7, 11) is 3.84. The molecule has 0 nitrogen and oxygen atoms in total. The highest BCUT2D eigenvalue weighted by molar-refractivity contribution is 8.76. The summed E-state index contributed by atoms with van der Waals surface area (Å²) in [5, 5.41) is 0. The van der Waals surface area contributed by atoms with Gasteiger partial charge >= 0.3 is 0 Å². The Labute approximate surface area is 66.6 Å². The van der Waals surface area contributed by atoms with E-state index in [1.807, 2.05) is 21.6 Å². The van der Waals surface area contributed by atoms with Gasteiger partial charge in [0.25, 0.3) is 0 Å². The zero-order chi connectivity index (χ0) is 7.11. The highest BCUT2D eigenvalue weighted by Crippen LogP contribution is 2.19. The van der Waals surface area contributed by atoms with E-state index in [1.165, 1.54) is 18.6 Å². The summed E-state index contributed by atoms with van der Waals surface area (Å²) in [5.74, 6) is 2.20. The van der Waals surface area contributed by atoms with Crippen LogP contribution < -0.4 is 0 Å². The first kappa shape index (κ1) is 9.70. The predicted molar refractivity (Wildman–Crippen MR) is 50.0 cm³/mol. The molecular formula is C7H16S2. The van der Waals surface area contributed by atoms with Crippen LogP contribution in [-0.2, 0) is 0 Å². The fraction of sp³-hybridized carbons (Fsp3) is 1.00. The van der Waals surface area contributed by atoms with Crippen molar-refractivity contribution >= 4 is 21.6 Å². The minimum atomic E-state index is 0.882. The third kappa shape index (κ3) is 8.70. The molecule has 0 aliphatic carbocycles. The Bertz CT molecular complexity index is 52.9. The maximum absolute atomic E-state index is 2.28. The Morgan fingerprint density at radius 1 is 1.33 bits per heavy atom. The van der Waals surface area contributed by atoms with Crippen LogP contribution in [0.4, 0.5) is 0 Å². The van der Waals surface area contributed by atoms with E-state index < -0.39 is 0 Å². The average molecular weight is 164 g/mol. The molecule has 0 spiro atoms. The van der Waals surface area contributed by atoms with E-state index >= 15 is 0 Å². The molecule has 0 bridgehead atoms. The molecule has 0 atom stereocenters. The lowest BCUT2D eigenvalue weighted by atomic mass is 10.1. The summed E-state index contributed by atoms with van der Waals surface area (Å²) >= 11 is 0. The standard InChI is InChI=1S/C7H16S2/c1-7(2)5-4-6-9-8-3/h7H,4-6H2,1-3H3. The summed E-state index contributed by atoms with van der Waals surface area (Å²) in [6.07, 6.45) is 4.90. The van der Waals surface area contributed by atoms with Gasteiger partial charge in [0.2, 0.25) is 0 Å². The smallest absolute Gasteiger partial charge is 0.00369 e. The summed E-state index contributed by atoms with van der Waals surface area (Å²) in [5.41, 5.74) is 0. The first-order chi connectivity index (χ1) is 4.27. The molecular weight excluding hydrogens is 148 g/mol. The van der Waals surface area contributed by atoms with Crippen molar-refractivity contribution in [1.29, 1.82) is 0 Å². The molecule has 0 rings (SSSR count). The van der Waals surface area contributed by atoms with E-state index in [1.54, 1.807) is 0 Å². The molecule has 0 aromatic rings. The second-order valence-electron chi connectivity index (χ2n) is 2.52. The van der Waals surface area contributed by atoms with Crippen LogP contribution in [-0.4, -0.2) is 12.0 Å². The summed E-state index contributed by atoms with van der Waals surface area (Å²) in [4.78, 5) is 0. The van der Waals surface area contributed by atoms with E-state index in [9.17, 15) is 0 Å². The van der Waals surface area contributed by atoms with Crippen LogP contribution in [0.3, 0.4) is 0 Å². The second kappa shape index (κ2) is 6.81. The van der Waals surface area contributed by atoms with Crippen LogP contribution in [0.25, 0.3) is 0 Å². The lowest BCUT2D eigenvalue weighted by Gasteiger charge is -2.01. The molecule has 0 saturated carbocycles. The summed E-state index contributed by atoms with van der Waals surface area (Å²) in [6.45, 7) is 4.56. The number of hydrogen-bond acceptors (Lipinski definition) is 2. The largest absolute Gasteiger partial charge is 0.0976 e. The van der Waals surface area contributed by atoms with Gasteiger partial charge in [-0.25, -0.2) is 0 Å². The fourth-order valence-corrected chi connectivity index (χ4v) is 1.94. The van der Waals surface area contributed by atoms with Crippen LogP contribution in [0.2, 0.25) is 0 Å². The zero-order valence-corrected chi connectivity index (χ0v) is 8.15. The predicted octanol–water partition coefficient (Wildman–Crippen LogP) is 3.43. The number of hydrogen-bond donors (Lipinski definition) is 0. The van der Waals surface area contributed by atoms with Gasteiger partial charge in [-0.3, -0.25) is 0 Å². The normalized spacial score (nSPS) is 10.7. The molecule has 9 heavy (non-hydrogen) atoms. The van der Waals surface area contributed by atoms with Gasteiger partial charge in [0.1, 0.15) is 0 Å². The van der Waals surface area contributed by atoms with Gasteiger partial charge in [-0.05, 0) is 18.6 Å². The van der Waals surface area contributed by atoms with Crippen LogP contribution in [0, 0.1) is 5.92 Å². The van der Waals surface area contributed by atoms with Crippen molar-refractivity contribution in [3.05, 3.63) is 0 Å². The maximum atomic E-state index is 2.28. The van der Waals surface area contributed by atoms with Crippen molar-refractivity contribution in [2.24, 2.45) is 5.92 Å². The Hall–Kier alpha value is 0.700. The topological polar surface area (TPSA) is 0 Å². The monoisotopic (exact) mass is 164 g/mol. The molecule has 0 amide bonds. The van der Waals surface area contributed by atoms with E-state index in [4.69, 9.17) is 0 Å². The van der Waals surface area contributed by atoms with Crippen molar-refractivity contribution in [1.82, 2.24) is 0 Å². The molecule has 0 unspecified atom stereocenters. The number of rotatable bonds is 5. The van der Waals surface area contributed by atoms with E-state index in [0.717, 1.165) is 5.92 Å². The van der Waals surface area contributed by atoms with Crippen molar-refractivity contribution in [2.75, 3.05) is 12.0 Å². The molecule has 0 saturated heterocycles. The summed E-state index contributed by atoms with van der Waals surface area (Å²) < 4.78 is 0. The molecule has 0 aromatic heterocycles. The molecule has 0 N–H and O–H groups in total. The highest BCUT2D eigenvalue weighted by Gasteiger charge is 1.92. The highest BCUT2D eigenvalue weighted by atomic mass is 33.1. The molecule has 0 aliphatic heterocycles. The Morgan fingerprint density at radius 3 is 2.44 bits per heavy atom. The van der Waals surface area contributed by atoms with Crippen molar-refractivity contribution in [3.8, 4) is 0 Å². The van der Waals surface area contributed by atoms with E-state index in [-0.39, 0.29) is 0 Å². The Morgan fingerprint density at radius 2 is 2.00 bits per heavy atom. The SMILES string of the molecule is CSSCCCC(C)C. The average Bonchev–Trinajstić information content (AvgIpc) is 1.80. The van der Waals surface area contributed by atoms with Gasteiger partial charge in [-0.1, -0.05) is 41.9 Å². The zero-order valence-electron chi connectivity index (χ0n) is 6.52. The fourth-order valence-electron chi connectivity index (χ4n) is 0.634. The molecule has 56 valence electrons. The second-order valence-corrected chi connectivity index (χ2v) is 5.21. The molecule has 0 aliphatic rings. The minimum Gasteiger partial charge on any atom is -0.0976 e. The van der Waals surface area contributed by atoms with E-state index in [2.05, 4.69) is 20.1 Å². The first-order valence-electron chi connectivity index (χ1n) is 3.43. The Kier molecular flexibility index (Phi) is 7.34. The van der Waals surface area contributed by atoms with Gasteiger partial charge in [0.15, 0.2) is 0 Å². The quantitative estimate of drug-likeness (QED) is 0.451. The van der Waals surface area contributed by atoms with E-state index in [0.29, 0.717) is 0 Å². The van der Waals surface area contributed by atoms with Crippen LogP contribution in [0.1, 0.15) is 26.7 Å². The Balaban J connectivity index is 2.75. The molecule has 0 aromatic carbocycles. The van der Waals surface area contributed by atoms with Crippen LogP contribution >= 0.6 is 21.6 Å². The third-order valence-corrected chi connectivity index (χ3v) is 3.03. The van der Waals surface area contributed by atoms with Crippen molar-refractivity contribution < 1.29 is 0 Å². The molecule has 2 heteroatoms.